The van der Waals surface area contributed by atoms with E-state index in [1.165, 1.54) is 0 Å². The molecule has 8 nitrogen and oxygen atoms in total. The molecular weight excluding hydrogens is 562 g/mol. The van der Waals surface area contributed by atoms with Crippen LogP contribution in [0.15, 0.2) is 83.0 Å². The molecule has 0 aliphatic heterocycles. The number of hydrogen-bond donors (Lipinski definition) is 1. The first-order valence-electron chi connectivity index (χ1n) is 16.4. The Balaban J connectivity index is 1.71. The lowest BCUT2D eigenvalue weighted by molar-refractivity contribution is 0.0974. The first-order chi connectivity index (χ1) is 21.9. The number of carbonyl (C=O) groups excluding carboxylic acids is 3. The number of nitrogens with zero attached hydrogens (tertiary/aromatic N) is 4. The monoisotopic (exact) mass is 611 g/mol. The van der Waals surface area contributed by atoms with E-state index >= 15 is 0 Å². The molecule has 1 amide bonds. The van der Waals surface area contributed by atoms with Crippen molar-refractivity contribution in [1.29, 1.82) is 0 Å². The van der Waals surface area contributed by atoms with Crippen LogP contribution in [0.5, 0.6) is 0 Å². The molecule has 45 heavy (non-hydrogen) atoms. The molecule has 3 aromatic carbocycles. The lowest BCUT2D eigenvalue weighted by Crippen LogP contribution is -2.24. The third-order valence-electron chi connectivity index (χ3n) is 8.05. The topological polar surface area (TPSA) is 94.4 Å². The molecule has 0 unspecified atom stereocenters. The minimum absolute atomic E-state index is 0.0191. The Labute approximate surface area is 268 Å². The summed E-state index contributed by atoms with van der Waals surface area (Å²) in [5.41, 5.74) is 3.15. The van der Waals surface area contributed by atoms with Crippen LogP contribution in [0.1, 0.15) is 97.3 Å². The van der Waals surface area contributed by atoms with Crippen molar-refractivity contribution in [2.24, 2.45) is 10.2 Å². The Morgan fingerprint density at radius 3 is 1.51 bits per heavy atom. The van der Waals surface area contributed by atoms with Gasteiger partial charge in [-0.15, -0.1) is 0 Å². The van der Waals surface area contributed by atoms with Gasteiger partial charge in [0.25, 0.3) is 5.91 Å². The van der Waals surface area contributed by atoms with Crippen molar-refractivity contribution >= 4 is 34.5 Å². The molecule has 0 bridgehead atoms. The number of benzene rings is 3. The molecule has 0 spiro atoms. The van der Waals surface area contributed by atoms with Gasteiger partial charge in [0, 0.05) is 35.2 Å². The molecule has 0 saturated heterocycles. The fraction of sp³-hybridized carbons (Fsp3) is 0.432. The van der Waals surface area contributed by atoms with Gasteiger partial charge in [-0.05, 0) is 120 Å². The van der Waals surface area contributed by atoms with Gasteiger partial charge >= 0.3 is 0 Å². The van der Waals surface area contributed by atoms with Crippen LogP contribution in [0.4, 0.5) is 17.1 Å². The van der Waals surface area contributed by atoms with Crippen molar-refractivity contribution in [1.82, 2.24) is 9.80 Å². The van der Waals surface area contributed by atoms with Crippen LogP contribution in [0, 0.1) is 0 Å². The molecule has 0 aliphatic carbocycles. The van der Waals surface area contributed by atoms with Crippen LogP contribution in [0.3, 0.4) is 0 Å². The van der Waals surface area contributed by atoms with Gasteiger partial charge in [0.05, 0.1) is 11.4 Å². The number of anilines is 1. The normalized spacial score (nSPS) is 11.4. The van der Waals surface area contributed by atoms with E-state index in [1.54, 1.807) is 42.5 Å². The summed E-state index contributed by atoms with van der Waals surface area (Å²) in [7, 11) is 0. The molecule has 3 aromatic rings. The average molecular weight is 612 g/mol. The van der Waals surface area contributed by atoms with Crippen molar-refractivity contribution in [3.05, 3.63) is 89.5 Å². The number of Topliss-reactive ketones (excluding diaryl/α,β-unsaturated/α-hetero) is 2. The average Bonchev–Trinajstić information content (AvgIpc) is 3.07. The molecule has 3 rings (SSSR count). The Morgan fingerprint density at radius 2 is 1.04 bits per heavy atom. The van der Waals surface area contributed by atoms with Crippen LogP contribution in [0.25, 0.3) is 0 Å². The molecular formula is C37H49N5O3. The number of azo groups is 1. The number of unbranched alkanes of at least 4 members (excludes halogenated alkanes) is 2. The molecule has 0 atom stereocenters. The predicted octanol–water partition coefficient (Wildman–Crippen LogP) is 8.74. The van der Waals surface area contributed by atoms with Crippen LogP contribution < -0.4 is 5.32 Å². The van der Waals surface area contributed by atoms with E-state index in [2.05, 4.69) is 53.0 Å². The van der Waals surface area contributed by atoms with Crippen molar-refractivity contribution in [3.63, 3.8) is 0 Å². The third kappa shape index (κ3) is 12.1. The summed E-state index contributed by atoms with van der Waals surface area (Å²) in [6.07, 6.45) is 4.21. The Morgan fingerprint density at radius 1 is 0.578 bits per heavy atom. The minimum Gasteiger partial charge on any atom is -0.322 e. The van der Waals surface area contributed by atoms with Crippen LogP contribution in [-0.2, 0) is 0 Å². The van der Waals surface area contributed by atoms with Gasteiger partial charge in [-0.2, -0.15) is 10.2 Å². The van der Waals surface area contributed by atoms with Crippen molar-refractivity contribution in [2.45, 2.75) is 66.2 Å². The highest BCUT2D eigenvalue weighted by Crippen LogP contribution is 2.22. The molecule has 0 radical (unpaired) electrons. The van der Waals surface area contributed by atoms with E-state index < -0.39 is 0 Å². The highest BCUT2D eigenvalue weighted by molar-refractivity contribution is 6.07. The Bertz CT molecular complexity index is 1330. The van der Waals surface area contributed by atoms with E-state index in [4.69, 9.17) is 0 Å². The predicted molar refractivity (Wildman–Crippen MR) is 183 cm³/mol. The highest BCUT2D eigenvalue weighted by Gasteiger charge is 2.16. The van der Waals surface area contributed by atoms with E-state index in [0.717, 1.165) is 70.6 Å². The molecule has 0 saturated carbocycles. The van der Waals surface area contributed by atoms with E-state index in [1.807, 2.05) is 30.3 Å². The smallest absolute Gasteiger partial charge is 0.255 e. The van der Waals surface area contributed by atoms with E-state index in [-0.39, 0.29) is 17.5 Å². The van der Waals surface area contributed by atoms with Crippen LogP contribution in [-0.4, -0.2) is 66.5 Å². The van der Waals surface area contributed by atoms with Gasteiger partial charge in [0.15, 0.2) is 11.6 Å². The molecule has 8 heteroatoms. The summed E-state index contributed by atoms with van der Waals surface area (Å²) < 4.78 is 0. The van der Waals surface area contributed by atoms with Gasteiger partial charge in [-0.25, -0.2) is 0 Å². The molecule has 0 fully saturated rings. The van der Waals surface area contributed by atoms with Crippen LogP contribution >= 0.6 is 0 Å². The Kier molecular flexibility index (Phi) is 15.3. The second kappa shape index (κ2) is 19.4. The lowest BCUT2D eigenvalue weighted by Gasteiger charge is -2.17. The summed E-state index contributed by atoms with van der Waals surface area (Å²) in [6.45, 7) is 14.5. The van der Waals surface area contributed by atoms with Gasteiger partial charge in [0.2, 0.25) is 0 Å². The standard InChI is InChI=1S/C37H49N5O3/c1-5-41(6-2)24-14-12-18-35(43)30-26-31(36(44)19-13-15-25-42(7-3)8-4)28-34(27-30)38-37(45)29-20-22-33(23-21-29)40-39-32-16-10-9-11-17-32/h9-11,16-17,20-23,26-28H,5-8,12-15,18-19,24-25H2,1-4H3,(H,38,45). The third-order valence-corrected chi connectivity index (χ3v) is 8.05. The molecule has 1 N–H and O–H groups in total. The summed E-state index contributed by atoms with van der Waals surface area (Å²) in [4.78, 5) is 44.4. The number of ketones is 2. The van der Waals surface area contributed by atoms with Crippen molar-refractivity contribution < 1.29 is 14.4 Å². The van der Waals surface area contributed by atoms with E-state index in [9.17, 15) is 14.4 Å². The fourth-order valence-electron chi connectivity index (χ4n) is 5.12. The summed E-state index contributed by atoms with van der Waals surface area (Å²) in [6, 6.07) is 21.3. The number of carbonyl (C=O) groups is 3. The lowest BCUT2D eigenvalue weighted by atomic mass is 9.98. The molecule has 0 heterocycles. The van der Waals surface area contributed by atoms with Crippen molar-refractivity contribution in [2.75, 3.05) is 44.6 Å². The largest absolute Gasteiger partial charge is 0.322 e. The maximum Gasteiger partial charge on any atom is 0.255 e. The second-order valence-electron chi connectivity index (χ2n) is 11.1. The number of amides is 1. The summed E-state index contributed by atoms with van der Waals surface area (Å²) in [5.74, 6) is -0.369. The summed E-state index contributed by atoms with van der Waals surface area (Å²) >= 11 is 0. The highest BCUT2D eigenvalue weighted by atomic mass is 16.2. The maximum atomic E-state index is 13.3. The zero-order valence-corrected chi connectivity index (χ0v) is 27.4. The minimum atomic E-state index is -0.331. The number of rotatable bonds is 20. The first kappa shape index (κ1) is 35.5. The maximum absolute atomic E-state index is 13.3. The number of hydrogen-bond acceptors (Lipinski definition) is 7. The van der Waals surface area contributed by atoms with Gasteiger partial charge in [-0.1, -0.05) is 45.9 Å². The number of nitrogens with one attached hydrogen (secondary N) is 1. The van der Waals surface area contributed by atoms with Gasteiger partial charge < -0.3 is 15.1 Å². The van der Waals surface area contributed by atoms with Gasteiger partial charge in [-0.3, -0.25) is 14.4 Å². The van der Waals surface area contributed by atoms with Crippen LogP contribution in [0.2, 0.25) is 0 Å². The van der Waals surface area contributed by atoms with Crippen molar-refractivity contribution in [3.8, 4) is 0 Å². The zero-order valence-electron chi connectivity index (χ0n) is 27.4. The summed E-state index contributed by atoms with van der Waals surface area (Å²) in [5, 5.41) is 11.4. The van der Waals surface area contributed by atoms with E-state index in [0.29, 0.717) is 40.9 Å². The molecule has 0 aromatic heterocycles. The molecule has 240 valence electrons. The second-order valence-corrected chi connectivity index (χ2v) is 11.1. The molecule has 0 aliphatic rings. The SMILES string of the molecule is CCN(CC)CCCCC(=O)c1cc(NC(=O)c2ccc(N=Nc3ccccc3)cc2)cc(C(=O)CCCCN(CC)CC)c1. The quantitative estimate of drug-likeness (QED) is 0.0783. The van der Waals surface area contributed by atoms with Gasteiger partial charge in [0.1, 0.15) is 0 Å². The first-order valence-corrected chi connectivity index (χ1v) is 16.4. The Hall–Kier alpha value is -4.01. The zero-order chi connectivity index (χ0) is 32.4. The fourth-order valence-corrected chi connectivity index (χ4v) is 5.12.